The van der Waals surface area contributed by atoms with Gasteiger partial charge in [-0.1, -0.05) is 301 Å². The summed E-state index contributed by atoms with van der Waals surface area (Å²) in [5.41, 5.74) is 41.9. The molecule has 0 aromatic heterocycles. The molecule has 127 heavy (non-hydrogen) atoms. The number of benzene rings is 16. The van der Waals surface area contributed by atoms with Gasteiger partial charge in [0.25, 0.3) is 0 Å². The highest BCUT2D eigenvalue weighted by Gasteiger charge is 2.64. The number of fused-ring (bicyclic) bond motifs is 12. The van der Waals surface area contributed by atoms with E-state index in [1.807, 2.05) is 0 Å². The SMILES string of the molecule is CC1(C)c2cc(-c3ccc(F)c4c3C3(c5ccccc5-4)C4CC5CC(C4)CC3C5)ccc2-c2ccc(N(c3ccc(-c4ccccc4)cc3)c3ccc(-c4ccccc4)cc3)cc21.CC1(C)c2cccc(N(c3ccc(-c4ccccc4)cc3)c3ccc(-c4ccccc4)cc3)c2-c2cccc(-c3cc(C#N)c4c(c3)-c3ccccc3C43C4CC5CC(C4)CC3C5)c21. The number of nitriles is 1. The van der Waals surface area contributed by atoms with E-state index in [1.165, 1.54) is 203 Å². The number of rotatable bonds is 12. The maximum Gasteiger partial charge on any atom is 0.131 e. The molecular formula is C123H100FN3. The van der Waals surface area contributed by atoms with Gasteiger partial charge in [0.05, 0.1) is 17.3 Å². The lowest BCUT2D eigenvalue weighted by atomic mass is 9.42. The van der Waals surface area contributed by atoms with E-state index in [-0.39, 0.29) is 27.5 Å². The molecule has 3 nitrogen and oxygen atoms in total. The van der Waals surface area contributed by atoms with Crippen molar-refractivity contribution in [1.82, 2.24) is 0 Å². The van der Waals surface area contributed by atoms with Gasteiger partial charge in [-0.05, 0) is 347 Å². The lowest BCUT2D eigenvalue weighted by Crippen LogP contribution is -2.55. The zero-order valence-electron chi connectivity index (χ0n) is 72.6. The Bertz CT molecular complexity index is 6910. The van der Waals surface area contributed by atoms with Crippen LogP contribution in [-0.4, -0.2) is 0 Å². The van der Waals surface area contributed by atoms with E-state index in [9.17, 15) is 5.26 Å². The molecule has 4 heteroatoms. The molecule has 8 bridgehead atoms. The van der Waals surface area contributed by atoms with Crippen molar-refractivity contribution in [1.29, 1.82) is 5.26 Å². The fourth-order valence-corrected chi connectivity index (χ4v) is 28.0. The molecule has 614 valence electrons. The average molecular weight is 1640 g/mol. The van der Waals surface area contributed by atoms with Gasteiger partial charge in [-0.25, -0.2) is 4.39 Å². The van der Waals surface area contributed by atoms with E-state index in [1.54, 1.807) is 6.07 Å². The number of hydrogen-bond acceptors (Lipinski definition) is 3. The van der Waals surface area contributed by atoms with Crippen LogP contribution in [0, 0.1) is 64.5 Å². The van der Waals surface area contributed by atoms with Gasteiger partial charge in [0.1, 0.15) is 5.82 Å². The van der Waals surface area contributed by atoms with E-state index < -0.39 is 0 Å². The summed E-state index contributed by atoms with van der Waals surface area (Å²) in [5.74, 6) is 5.66. The Morgan fingerprint density at radius 3 is 1.11 bits per heavy atom. The van der Waals surface area contributed by atoms with Crippen molar-refractivity contribution < 1.29 is 4.39 Å². The number of halogens is 1. The largest absolute Gasteiger partial charge is 0.310 e. The first kappa shape index (κ1) is 76.0. The van der Waals surface area contributed by atoms with Crippen LogP contribution in [0.2, 0.25) is 0 Å². The van der Waals surface area contributed by atoms with Gasteiger partial charge in [0, 0.05) is 61.2 Å². The quantitative estimate of drug-likeness (QED) is 0.122. The Hall–Kier alpha value is -13.5. The smallest absolute Gasteiger partial charge is 0.131 e. The number of hydrogen-bond donors (Lipinski definition) is 0. The topological polar surface area (TPSA) is 30.3 Å². The highest BCUT2D eigenvalue weighted by Crippen LogP contribution is 2.73. The van der Waals surface area contributed by atoms with Crippen LogP contribution in [0.1, 0.15) is 142 Å². The van der Waals surface area contributed by atoms with Gasteiger partial charge >= 0.3 is 0 Å². The van der Waals surface area contributed by atoms with E-state index in [0.29, 0.717) is 23.7 Å². The highest BCUT2D eigenvalue weighted by atomic mass is 19.1. The summed E-state index contributed by atoms with van der Waals surface area (Å²) >= 11 is 0. The van der Waals surface area contributed by atoms with Crippen LogP contribution in [0.15, 0.2) is 364 Å². The first-order valence-corrected chi connectivity index (χ1v) is 46.7. The van der Waals surface area contributed by atoms with E-state index >= 15 is 4.39 Å². The predicted molar refractivity (Wildman–Crippen MR) is 521 cm³/mol. The van der Waals surface area contributed by atoms with Crippen molar-refractivity contribution in [2.75, 3.05) is 9.80 Å². The van der Waals surface area contributed by atoms with Gasteiger partial charge in [0.15, 0.2) is 0 Å². The summed E-state index contributed by atoms with van der Waals surface area (Å²) in [4.78, 5) is 4.85. The van der Waals surface area contributed by atoms with Crippen molar-refractivity contribution >= 4 is 34.1 Å². The molecule has 0 heterocycles. The molecule has 8 saturated carbocycles. The van der Waals surface area contributed by atoms with Crippen molar-refractivity contribution in [3.8, 4) is 117 Å². The lowest BCUT2D eigenvalue weighted by molar-refractivity contribution is -0.0400. The second-order valence-corrected chi connectivity index (χ2v) is 39.8. The maximum absolute atomic E-state index is 16.5. The van der Waals surface area contributed by atoms with Gasteiger partial charge < -0.3 is 9.80 Å². The van der Waals surface area contributed by atoms with Crippen LogP contribution in [-0.2, 0) is 21.7 Å². The van der Waals surface area contributed by atoms with Crippen LogP contribution in [0.25, 0.3) is 111 Å². The van der Waals surface area contributed by atoms with E-state index in [2.05, 4.69) is 401 Å². The average Bonchev–Trinajstić information content (AvgIpc) is 1.53. The van der Waals surface area contributed by atoms with E-state index in [4.69, 9.17) is 0 Å². The molecule has 0 amide bonds. The Morgan fingerprint density at radius 1 is 0.252 bits per heavy atom. The molecule has 16 aromatic carbocycles. The highest BCUT2D eigenvalue weighted by molar-refractivity contribution is 6.00. The molecular weight excluding hydrogens is 1540 g/mol. The first-order chi connectivity index (χ1) is 62.3. The summed E-state index contributed by atoms with van der Waals surface area (Å²) in [5, 5.41) is 11.3. The summed E-state index contributed by atoms with van der Waals surface area (Å²) < 4.78 is 16.5. The number of anilines is 6. The molecule has 0 atom stereocenters. The lowest BCUT2D eigenvalue weighted by Gasteiger charge is -2.61. The maximum atomic E-state index is 16.5. The summed E-state index contributed by atoms with van der Waals surface area (Å²) in [6.45, 7) is 9.58. The first-order valence-electron chi connectivity index (χ1n) is 46.7. The van der Waals surface area contributed by atoms with Crippen LogP contribution >= 0.6 is 0 Å². The van der Waals surface area contributed by atoms with Crippen LogP contribution in [0.4, 0.5) is 38.5 Å². The molecule has 12 aliphatic carbocycles. The monoisotopic (exact) mass is 1640 g/mol. The van der Waals surface area contributed by atoms with Gasteiger partial charge in [-0.2, -0.15) is 5.26 Å². The minimum atomic E-state index is -0.302. The van der Waals surface area contributed by atoms with Crippen molar-refractivity contribution in [3.63, 3.8) is 0 Å². The second-order valence-electron chi connectivity index (χ2n) is 39.8. The fourth-order valence-electron chi connectivity index (χ4n) is 28.0. The fraction of sp³-hybridized carbons (Fsp3) is 0.211. The Kier molecular flexibility index (Phi) is 17.4. The Morgan fingerprint density at radius 2 is 0.614 bits per heavy atom. The minimum absolute atomic E-state index is 0.0476. The summed E-state index contributed by atoms with van der Waals surface area (Å²) in [7, 11) is 0. The van der Waals surface area contributed by atoms with Crippen LogP contribution in [0.3, 0.4) is 0 Å². The molecule has 12 aliphatic rings. The number of nitrogens with zero attached hydrogens (tertiary/aromatic N) is 3. The third kappa shape index (κ3) is 11.5. The third-order valence-corrected chi connectivity index (χ3v) is 32.8. The zero-order valence-corrected chi connectivity index (χ0v) is 72.6. The van der Waals surface area contributed by atoms with Gasteiger partial charge in [0.2, 0.25) is 0 Å². The van der Waals surface area contributed by atoms with Crippen LogP contribution < -0.4 is 9.80 Å². The summed E-state index contributed by atoms with van der Waals surface area (Å²) in [6.07, 6.45) is 13.1. The molecule has 16 aromatic rings. The van der Waals surface area contributed by atoms with E-state index in [0.717, 1.165) is 80.0 Å². The normalized spacial score (nSPS) is 22.6. The standard InChI is InChI=1S/C62H50N2.C61H50FN/c1-61(2)56-21-12-22-57(64(49-27-23-43(24-28-49)41-13-5-3-6-14-41)50-29-25-44(26-30-50)42-15-7-4-8-16-42)58(56)53-19-11-18-51(60(53)61)45-36-46(38-63)59-54(37-45)52-17-9-10-20-55(52)62(59)47-32-39-31-40(34-47)35-48(62)33-39;1-60(2)55-36-44(50-29-30-57(62)58-53-15-9-10-16-54(53)61(59(50)58)45-32-38-31-39(34-45)35-46(61)33-38)21-27-51(55)52-28-26-49(37-56(52)60)63(47-22-17-42(18-23-47)40-11-5-3-6-12-40)48-24-19-43(20-25-48)41-13-7-4-8-14-41/h3-30,36-37,39-40,47-48H,31-35H2,1-2H3;3-30,36-39,45-46H,31-35H2,1-2H3. The van der Waals surface area contributed by atoms with Gasteiger partial charge in [-0.3, -0.25) is 0 Å². The molecule has 0 unspecified atom stereocenters. The molecule has 0 saturated heterocycles. The molecule has 0 N–H and O–H groups in total. The molecule has 28 rings (SSSR count). The Labute approximate surface area is 746 Å². The molecule has 2 spiro atoms. The Balaban J connectivity index is 0.000000138. The predicted octanol–water partition coefficient (Wildman–Crippen LogP) is 32.4. The zero-order chi connectivity index (χ0) is 84.8. The van der Waals surface area contributed by atoms with Crippen LogP contribution in [0.5, 0.6) is 0 Å². The summed E-state index contributed by atoms with van der Waals surface area (Å²) in [6, 6.07) is 136. The molecule has 0 radical (unpaired) electrons. The molecule has 8 fully saturated rings. The van der Waals surface area contributed by atoms with Crippen molar-refractivity contribution in [2.45, 2.75) is 114 Å². The minimum Gasteiger partial charge on any atom is -0.310 e. The molecule has 0 aliphatic heterocycles. The third-order valence-electron chi connectivity index (χ3n) is 32.8. The van der Waals surface area contributed by atoms with Gasteiger partial charge in [-0.15, -0.1) is 0 Å². The van der Waals surface area contributed by atoms with Crippen molar-refractivity contribution in [3.05, 3.63) is 420 Å². The van der Waals surface area contributed by atoms with Crippen molar-refractivity contribution in [2.24, 2.45) is 47.3 Å². The second kappa shape index (κ2) is 29.0.